The van der Waals surface area contributed by atoms with Gasteiger partial charge in [0.1, 0.15) is 5.56 Å². The van der Waals surface area contributed by atoms with E-state index in [1.165, 1.54) is 12.8 Å². The summed E-state index contributed by atoms with van der Waals surface area (Å²) in [5.41, 5.74) is 5.82. The zero-order chi connectivity index (χ0) is 15.4. The van der Waals surface area contributed by atoms with E-state index in [1.807, 2.05) is 16.8 Å². The maximum absolute atomic E-state index is 11.2. The monoisotopic (exact) mass is 291 g/mol. The van der Waals surface area contributed by atoms with Crippen molar-refractivity contribution in [3.8, 4) is 0 Å². The van der Waals surface area contributed by atoms with Crippen LogP contribution >= 0.6 is 0 Å². The number of nitrogens with two attached hydrogens (primary N) is 1. The first-order valence-electron chi connectivity index (χ1n) is 7.88. The van der Waals surface area contributed by atoms with Crippen LogP contribution in [0.1, 0.15) is 50.4 Å². The molecule has 0 aliphatic heterocycles. The van der Waals surface area contributed by atoms with Crippen LogP contribution < -0.4 is 10.3 Å². The summed E-state index contributed by atoms with van der Waals surface area (Å²) in [5.74, 6) is 1.59. The van der Waals surface area contributed by atoms with Gasteiger partial charge in [0, 0.05) is 6.07 Å². The van der Waals surface area contributed by atoms with Crippen LogP contribution in [0.25, 0.3) is 0 Å². The Bertz CT molecular complexity index is 487. The number of ether oxygens (including phenoxy) is 1. The van der Waals surface area contributed by atoms with Crippen molar-refractivity contribution in [3.63, 3.8) is 0 Å². The van der Waals surface area contributed by atoms with Crippen LogP contribution in [-0.4, -0.2) is 12.0 Å². The molecule has 1 heterocycles. The fraction of sp³-hybridized carbons (Fsp3) is 0.647. The maximum Gasteiger partial charge on any atom is 0.254 e. The third-order valence-electron chi connectivity index (χ3n) is 4.54. The van der Waals surface area contributed by atoms with E-state index in [4.69, 9.17) is 10.5 Å². The molecule has 1 fully saturated rings. The minimum absolute atomic E-state index is 0.304. The van der Waals surface area contributed by atoms with Crippen LogP contribution in [0.5, 0.6) is 0 Å². The second-order valence-electron chi connectivity index (χ2n) is 6.63. The second kappa shape index (κ2) is 7.03. The largest absolute Gasteiger partial charge is 0.365 e. The van der Waals surface area contributed by atoms with E-state index < -0.39 is 5.91 Å². The average molecular weight is 291 g/mol. The predicted octanol–water partition coefficient (Wildman–Crippen LogP) is 2.51. The average Bonchev–Trinajstić information content (AvgIpc) is 2.45. The third-order valence-corrected chi connectivity index (χ3v) is 4.54. The highest BCUT2D eigenvalue weighted by Gasteiger charge is 2.32. The highest BCUT2D eigenvalue weighted by atomic mass is 16.5. The second-order valence-corrected chi connectivity index (χ2v) is 6.63. The Balaban J connectivity index is 2.00. The molecule has 3 atom stereocenters. The van der Waals surface area contributed by atoms with Gasteiger partial charge in [-0.3, -0.25) is 4.79 Å². The Morgan fingerprint density at radius 2 is 2.24 bits per heavy atom. The molecule has 21 heavy (non-hydrogen) atoms. The van der Waals surface area contributed by atoms with Crippen molar-refractivity contribution in [2.45, 2.75) is 52.9 Å². The Morgan fingerprint density at radius 3 is 2.90 bits per heavy atom. The summed E-state index contributed by atoms with van der Waals surface area (Å²) in [5, 5.41) is 0. The van der Waals surface area contributed by atoms with E-state index in [0.29, 0.717) is 30.2 Å². The lowest BCUT2D eigenvalue weighted by Crippen LogP contribution is -2.41. The van der Waals surface area contributed by atoms with Crippen molar-refractivity contribution in [2.75, 3.05) is 0 Å². The molecule has 1 saturated carbocycles. The number of carbonyl (C=O) groups excluding carboxylic acids is 1. The minimum atomic E-state index is -0.407. The van der Waals surface area contributed by atoms with Gasteiger partial charge in [-0.15, -0.1) is 0 Å². The first kappa shape index (κ1) is 16.0. The van der Waals surface area contributed by atoms with Gasteiger partial charge in [0.25, 0.3) is 12.6 Å². The Labute approximate surface area is 127 Å². The number of nitrogens with zero attached hydrogens (tertiary/aromatic N) is 1. The number of amides is 1. The SMILES string of the molecule is CC(C)[C@@H]1CC[C@@H](C)C[C@H]1OC[n+]1cccc(C(N)=O)c1. The summed E-state index contributed by atoms with van der Waals surface area (Å²) < 4.78 is 8.04. The van der Waals surface area contributed by atoms with Crippen molar-refractivity contribution in [1.82, 2.24) is 0 Å². The van der Waals surface area contributed by atoms with E-state index in [-0.39, 0.29) is 0 Å². The maximum atomic E-state index is 11.2. The standard InChI is InChI=1S/C17H26N2O2/c1-12(2)15-7-6-13(3)9-16(15)21-11-19-8-4-5-14(10-19)17(18)20/h4-5,8,10,12-13,15-16H,6-7,9,11H2,1-3H3,(H-,18,20)/p+1/t13-,15+,16-/m1/s1. The van der Waals surface area contributed by atoms with Crippen LogP contribution in [0, 0.1) is 17.8 Å². The molecule has 2 rings (SSSR count). The zero-order valence-corrected chi connectivity index (χ0v) is 13.3. The van der Waals surface area contributed by atoms with Gasteiger partial charge < -0.3 is 10.5 Å². The van der Waals surface area contributed by atoms with Crippen LogP contribution in [0.15, 0.2) is 24.5 Å². The molecule has 0 aromatic carbocycles. The number of rotatable bonds is 5. The number of aromatic nitrogens is 1. The summed E-state index contributed by atoms with van der Waals surface area (Å²) in [6.45, 7) is 7.32. The van der Waals surface area contributed by atoms with E-state index >= 15 is 0 Å². The molecule has 4 nitrogen and oxygen atoms in total. The molecule has 116 valence electrons. The molecular weight excluding hydrogens is 264 g/mol. The van der Waals surface area contributed by atoms with E-state index in [2.05, 4.69) is 20.8 Å². The van der Waals surface area contributed by atoms with Gasteiger partial charge in [0.05, 0.1) is 6.10 Å². The molecule has 4 heteroatoms. The van der Waals surface area contributed by atoms with Gasteiger partial charge in [-0.25, -0.2) is 0 Å². The van der Waals surface area contributed by atoms with E-state index in [1.54, 1.807) is 12.3 Å². The van der Waals surface area contributed by atoms with Crippen LogP contribution in [-0.2, 0) is 11.5 Å². The van der Waals surface area contributed by atoms with Crippen molar-refractivity contribution >= 4 is 5.91 Å². The molecule has 0 bridgehead atoms. The molecule has 1 amide bonds. The molecule has 1 aliphatic rings. The lowest BCUT2D eigenvalue weighted by Gasteiger charge is -2.36. The van der Waals surface area contributed by atoms with Gasteiger partial charge in [0.2, 0.25) is 0 Å². The quantitative estimate of drug-likeness (QED) is 0.847. The van der Waals surface area contributed by atoms with Crippen LogP contribution in [0.2, 0.25) is 0 Å². The highest BCUT2D eigenvalue weighted by Crippen LogP contribution is 2.35. The summed E-state index contributed by atoms with van der Waals surface area (Å²) >= 11 is 0. The van der Waals surface area contributed by atoms with Gasteiger partial charge >= 0.3 is 0 Å². The molecule has 1 aliphatic carbocycles. The Morgan fingerprint density at radius 1 is 1.48 bits per heavy atom. The minimum Gasteiger partial charge on any atom is -0.365 e. The number of hydrogen-bond acceptors (Lipinski definition) is 2. The predicted molar refractivity (Wildman–Crippen MR) is 81.4 cm³/mol. The smallest absolute Gasteiger partial charge is 0.254 e. The van der Waals surface area contributed by atoms with Crippen molar-refractivity contribution in [2.24, 2.45) is 23.5 Å². The first-order valence-corrected chi connectivity index (χ1v) is 7.88. The number of hydrogen-bond donors (Lipinski definition) is 1. The lowest BCUT2D eigenvalue weighted by molar-refractivity contribution is -0.735. The highest BCUT2D eigenvalue weighted by molar-refractivity contribution is 5.92. The molecule has 1 aromatic rings. The molecule has 0 spiro atoms. The zero-order valence-electron chi connectivity index (χ0n) is 13.3. The normalized spacial score (nSPS) is 26.0. The number of carbonyl (C=O) groups is 1. The Hall–Kier alpha value is -1.42. The molecule has 2 N–H and O–H groups in total. The van der Waals surface area contributed by atoms with Crippen LogP contribution in [0.3, 0.4) is 0 Å². The molecule has 0 unspecified atom stereocenters. The number of pyridine rings is 1. The van der Waals surface area contributed by atoms with Crippen molar-refractivity contribution in [3.05, 3.63) is 30.1 Å². The summed E-state index contributed by atoms with van der Waals surface area (Å²) in [6, 6.07) is 3.55. The fourth-order valence-corrected chi connectivity index (χ4v) is 3.24. The topological polar surface area (TPSA) is 56.2 Å². The van der Waals surface area contributed by atoms with Gasteiger partial charge in [-0.2, -0.15) is 4.57 Å². The van der Waals surface area contributed by atoms with Gasteiger partial charge in [-0.1, -0.05) is 27.2 Å². The number of primary amides is 1. The van der Waals surface area contributed by atoms with Crippen molar-refractivity contribution in [1.29, 1.82) is 0 Å². The fourth-order valence-electron chi connectivity index (χ4n) is 3.24. The molecular formula is C17H27N2O2+. The summed E-state index contributed by atoms with van der Waals surface area (Å²) in [7, 11) is 0. The Kier molecular flexibility index (Phi) is 5.34. The molecule has 0 saturated heterocycles. The van der Waals surface area contributed by atoms with E-state index in [9.17, 15) is 4.79 Å². The first-order chi connectivity index (χ1) is 9.97. The van der Waals surface area contributed by atoms with Gasteiger partial charge in [-0.05, 0) is 36.7 Å². The third kappa shape index (κ3) is 4.27. The lowest BCUT2D eigenvalue weighted by atomic mass is 9.75. The summed E-state index contributed by atoms with van der Waals surface area (Å²) in [6.07, 6.45) is 7.63. The summed E-state index contributed by atoms with van der Waals surface area (Å²) in [4.78, 5) is 11.2. The van der Waals surface area contributed by atoms with Crippen molar-refractivity contribution < 1.29 is 14.1 Å². The van der Waals surface area contributed by atoms with E-state index in [0.717, 1.165) is 12.3 Å². The molecule has 1 aromatic heterocycles. The van der Waals surface area contributed by atoms with Gasteiger partial charge in [0.15, 0.2) is 12.4 Å². The molecule has 0 radical (unpaired) electrons. The van der Waals surface area contributed by atoms with Crippen LogP contribution in [0.4, 0.5) is 0 Å².